The summed E-state index contributed by atoms with van der Waals surface area (Å²) in [5.41, 5.74) is 0. The van der Waals surface area contributed by atoms with Crippen molar-refractivity contribution in [2.24, 2.45) is 0 Å². The molecule has 0 unspecified atom stereocenters. The van der Waals surface area contributed by atoms with Crippen LogP contribution in [0.5, 0.6) is 0 Å². The zero-order chi connectivity index (χ0) is 8.59. The molecule has 0 saturated heterocycles. The molecule has 1 aromatic carbocycles. The molecular formula is C6Cl4F. The number of benzene rings is 1. The van der Waals surface area contributed by atoms with E-state index in [1.807, 2.05) is 0 Å². The lowest BCUT2D eigenvalue weighted by molar-refractivity contribution is 0.626. The van der Waals surface area contributed by atoms with Crippen LogP contribution >= 0.6 is 46.4 Å². The number of hydrogen-bond acceptors (Lipinski definition) is 0. The molecule has 0 amide bonds. The third-order valence-electron chi connectivity index (χ3n) is 0.990. The molecule has 11 heavy (non-hydrogen) atoms. The van der Waals surface area contributed by atoms with E-state index in [2.05, 4.69) is 6.07 Å². The summed E-state index contributed by atoms with van der Waals surface area (Å²) < 4.78 is 12.6. The van der Waals surface area contributed by atoms with Crippen molar-refractivity contribution in [1.82, 2.24) is 0 Å². The lowest BCUT2D eigenvalue weighted by Gasteiger charge is -2.00. The summed E-state index contributed by atoms with van der Waals surface area (Å²) in [6, 6.07) is 2.10. The van der Waals surface area contributed by atoms with E-state index in [0.717, 1.165) is 0 Å². The van der Waals surface area contributed by atoms with E-state index in [4.69, 9.17) is 46.4 Å². The molecule has 1 radical (unpaired) electrons. The summed E-state index contributed by atoms with van der Waals surface area (Å²) in [6.07, 6.45) is 0. The van der Waals surface area contributed by atoms with Gasteiger partial charge in [0, 0.05) is 6.07 Å². The molecule has 0 spiro atoms. The fraction of sp³-hybridized carbons (Fsp3) is 0. The smallest absolute Gasteiger partial charge is 0.152 e. The van der Waals surface area contributed by atoms with E-state index in [0.29, 0.717) is 0 Å². The van der Waals surface area contributed by atoms with Crippen LogP contribution in [0.4, 0.5) is 4.39 Å². The highest BCUT2D eigenvalue weighted by molar-refractivity contribution is 6.51. The molecule has 0 fully saturated rings. The van der Waals surface area contributed by atoms with Crippen molar-refractivity contribution in [1.29, 1.82) is 0 Å². The van der Waals surface area contributed by atoms with Crippen LogP contribution < -0.4 is 0 Å². The van der Waals surface area contributed by atoms with Crippen LogP contribution in [0.2, 0.25) is 20.1 Å². The highest BCUT2D eigenvalue weighted by Crippen LogP contribution is 2.36. The number of hydrogen-bond donors (Lipinski definition) is 0. The molecule has 0 N–H and O–H groups in total. The average molecular weight is 233 g/mol. The largest absolute Gasteiger partial charge is 0.205 e. The van der Waals surface area contributed by atoms with Crippen LogP contribution in [0.25, 0.3) is 0 Å². The van der Waals surface area contributed by atoms with Crippen LogP contribution in [-0.4, -0.2) is 0 Å². The van der Waals surface area contributed by atoms with Crippen LogP contribution in [0, 0.1) is 11.9 Å². The van der Waals surface area contributed by atoms with Gasteiger partial charge in [-0.3, -0.25) is 0 Å². The van der Waals surface area contributed by atoms with Gasteiger partial charge in [-0.05, 0) is 0 Å². The summed E-state index contributed by atoms with van der Waals surface area (Å²) >= 11 is 21.8. The Morgan fingerprint density at radius 2 is 1.45 bits per heavy atom. The van der Waals surface area contributed by atoms with Gasteiger partial charge in [0.1, 0.15) is 0 Å². The Labute approximate surface area is 82.8 Å². The first-order chi connectivity index (χ1) is 5.04. The van der Waals surface area contributed by atoms with Gasteiger partial charge in [-0.25, -0.2) is 4.39 Å². The van der Waals surface area contributed by atoms with Gasteiger partial charge in [-0.1, -0.05) is 46.4 Å². The Kier molecular flexibility index (Phi) is 2.87. The molecule has 5 heteroatoms. The number of halogens is 5. The Bertz CT molecular complexity index is 271. The molecule has 1 rings (SSSR count). The highest BCUT2D eigenvalue weighted by atomic mass is 35.5. The lowest BCUT2D eigenvalue weighted by atomic mass is 10.3. The first kappa shape index (κ1) is 9.40. The second kappa shape index (κ2) is 3.36. The van der Waals surface area contributed by atoms with Crippen molar-refractivity contribution in [2.45, 2.75) is 0 Å². The van der Waals surface area contributed by atoms with Crippen LogP contribution in [0.3, 0.4) is 0 Å². The van der Waals surface area contributed by atoms with Gasteiger partial charge >= 0.3 is 0 Å². The van der Waals surface area contributed by atoms with E-state index in [1.54, 1.807) is 0 Å². The van der Waals surface area contributed by atoms with Crippen LogP contribution in [-0.2, 0) is 0 Å². The zero-order valence-corrected chi connectivity index (χ0v) is 7.91. The highest BCUT2D eigenvalue weighted by Gasteiger charge is 2.12. The molecule has 0 aromatic heterocycles. The monoisotopic (exact) mass is 231 g/mol. The fourth-order valence-corrected chi connectivity index (χ4v) is 1.23. The molecule has 0 heterocycles. The van der Waals surface area contributed by atoms with Crippen molar-refractivity contribution in [3.63, 3.8) is 0 Å². The summed E-state index contributed by atoms with van der Waals surface area (Å²) in [5, 5.41) is -0.408. The van der Waals surface area contributed by atoms with Crippen molar-refractivity contribution < 1.29 is 4.39 Å². The molecule has 0 aliphatic rings. The van der Waals surface area contributed by atoms with Gasteiger partial charge < -0.3 is 0 Å². The molecule has 59 valence electrons. The fourth-order valence-electron chi connectivity index (χ4n) is 0.495. The Morgan fingerprint density at radius 1 is 0.909 bits per heavy atom. The molecule has 1 aromatic rings. The first-order valence-electron chi connectivity index (χ1n) is 2.44. The summed E-state index contributed by atoms with van der Waals surface area (Å²) in [4.78, 5) is 0. The van der Waals surface area contributed by atoms with Crippen molar-refractivity contribution in [3.8, 4) is 0 Å². The topological polar surface area (TPSA) is 0 Å². The van der Waals surface area contributed by atoms with E-state index in [9.17, 15) is 4.39 Å². The Hall–Kier alpha value is 0.310. The third kappa shape index (κ3) is 1.73. The molecular weight excluding hydrogens is 233 g/mol. The van der Waals surface area contributed by atoms with Crippen molar-refractivity contribution in [3.05, 3.63) is 32.0 Å². The van der Waals surface area contributed by atoms with E-state index >= 15 is 0 Å². The molecule has 0 saturated carbocycles. The van der Waals surface area contributed by atoms with Crippen LogP contribution in [0.1, 0.15) is 0 Å². The molecule has 0 bridgehead atoms. The average Bonchev–Trinajstić information content (AvgIpc) is 1.97. The summed E-state index contributed by atoms with van der Waals surface area (Å²) in [7, 11) is 0. The van der Waals surface area contributed by atoms with E-state index in [1.165, 1.54) is 0 Å². The minimum absolute atomic E-state index is 0.0136. The SMILES string of the molecule is Fc1[c]c(Cl)c(Cl)c(Cl)c1Cl. The zero-order valence-electron chi connectivity index (χ0n) is 4.89. The van der Waals surface area contributed by atoms with Gasteiger partial charge in [0.15, 0.2) is 5.82 Å². The minimum Gasteiger partial charge on any atom is -0.205 e. The molecule has 0 aliphatic heterocycles. The van der Waals surface area contributed by atoms with Gasteiger partial charge in [-0.2, -0.15) is 0 Å². The number of rotatable bonds is 0. The third-order valence-corrected chi connectivity index (χ3v) is 2.67. The normalized spacial score (nSPS) is 10.3. The Morgan fingerprint density at radius 3 is 2.00 bits per heavy atom. The van der Waals surface area contributed by atoms with E-state index < -0.39 is 5.82 Å². The molecule has 0 aliphatic carbocycles. The predicted molar refractivity (Wildman–Crippen MR) is 45.3 cm³/mol. The maximum Gasteiger partial charge on any atom is 0.152 e. The van der Waals surface area contributed by atoms with Crippen molar-refractivity contribution in [2.75, 3.05) is 0 Å². The second-order valence-electron chi connectivity index (χ2n) is 1.69. The quantitative estimate of drug-likeness (QED) is 0.464. The standard InChI is InChI=1S/C6Cl4F/c7-2-1-3(11)5(9)6(10)4(2)8. The summed E-state index contributed by atoms with van der Waals surface area (Å²) in [6.45, 7) is 0. The lowest BCUT2D eigenvalue weighted by Crippen LogP contribution is -1.81. The van der Waals surface area contributed by atoms with Gasteiger partial charge in [0.25, 0.3) is 0 Å². The van der Waals surface area contributed by atoms with Gasteiger partial charge in [-0.15, -0.1) is 0 Å². The first-order valence-corrected chi connectivity index (χ1v) is 3.96. The summed E-state index contributed by atoms with van der Waals surface area (Å²) in [5.74, 6) is -0.800. The van der Waals surface area contributed by atoms with Gasteiger partial charge in [0.2, 0.25) is 0 Å². The predicted octanol–water partition coefficient (Wildman–Crippen LogP) is 4.24. The minimum atomic E-state index is -0.800. The molecule has 0 nitrogen and oxygen atoms in total. The maximum absolute atomic E-state index is 12.6. The van der Waals surface area contributed by atoms with E-state index in [-0.39, 0.29) is 20.1 Å². The molecule has 0 atom stereocenters. The van der Waals surface area contributed by atoms with Crippen molar-refractivity contribution >= 4 is 46.4 Å². The maximum atomic E-state index is 12.6. The second-order valence-corrected chi connectivity index (χ2v) is 3.21. The van der Waals surface area contributed by atoms with Gasteiger partial charge in [0.05, 0.1) is 20.1 Å². The Balaban J connectivity index is 3.46. The van der Waals surface area contributed by atoms with Crippen LogP contribution in [0.15, 0.2) is 0 Å².